The number of aromatic nitrogens is 1. The summed E-state index contributed by atoms with van der Waals surface area (Å²) in [5.74, 6) is -1.11. The van der Waals surface area contributed by atoms with E-state index < -0.39 is 18.0 Å². The smallest absolute Gasteiger partial charge is 0.326 e. The van der Waals surface area contributed by atoms with Gasteiger partial charge in [-0.2, -0.15) is 0 Å². The zero-order valence-electron chi connectivity index (χ0n) is 12.3. The Bertz CT molecular complexity index is 662. The second-order valence-corrected chi connectivity index (χ2v) is 5.55. The maximum Gasteiger partial charge on any atom is 0.326 e. The number of aliphatic carboxylic acids is 1. The van der Waals surface area contributed by atoms with Gasteiger partial charge in [0, 0.05) is 6.42 Å². The van der Waals surface area contributed by atoms with Crippen LogP contribution < -0.4 is 16.1 Å². The Kier molecular flexibility index (Phi) is 5.89. The molecule has 0 bridgehead atoms. The van der Waals surface area contributed by atoms with Crippen LogP contribution >= 0.6 is 11.3 Å². The average Bonchev–Trinajstić information content (AvgIpc) is 2.95. The summed E-state index contributed by atoms with van der Waals surface area (Å²) in [5.41, 5.74) is 3.40. The van der Waals surface area contributed by atoms with Crippen molar-refractivity contribution in [3.05, 3.63) is 42.1 Å². The fraction of sp³-hybridized carbons (Fsp3) is 0.214. The molecule has 1 unspecified atom stereocenters. The first-order valence-corrected chi connectivity index (χ1v) is 7.49. The lowest BCUT2D eigenvalue weighted by atomic mass is 10.1. The molecular formula is C14H16N4O4S. The summed E-state index contributed by atoms with van der Waals surface area (Å²) in [6, 6.07) is 7.41. The standard InChI is InChI=1S/C14H16N4O4S/c1-22-18-11-8-15-14(23-11)17-13(21)16-10(12(19)20)7-9-5-3-2-4-6-9/h2-6,8,10,18H,7H2,1H3,(H,19,20)(H2,15,16,17,21). The normalized spacial score (nSPS) is 11.5. The van der Waals surface area contributed by atoms with Gasteiger partial charge in [-0.15, -0.1) is 0 Å². The number of nitrogens with one attached hydrogen (secondary N) is 3. The van der Waals surface area contributed by atoms with E-state index in [0.29, 0.717) is 10.1 Å². The lowest BCUT2D eigenvalue weighted by Gasteiger charge is -2.14. The number of anilines is 2. The molecule has 2 rings (SSSR count). The quantitative estimate of drug-likeness (QED) is 0.575. The summed E-state index contributed by atoms with van der Waals surface area (Å²) >= 11 is 1.16. The summed E-state index contributed by atoms with van der Waals surface area (Å²) in [6.45, 7) is 0. The molecule has 2 amide bonds. The van der Waals surface area contributed by atoms with Crippen molar-refractivity contribution in [1.29, 1.82) is 0 Å². The van der Waals surface area contributed by atoms with Gasteiger partial charge in [0.25, 0.3) is 0 Å². The van der Waals surface area contributed by atoms with Crippen LogP contribution in [0.4, 0.5) is 14.9 Å². The van der Waals surface area contributed by atoms with Crippen molar-refractivity contribution >= 4 is 33.5 Å². The number of urea groups is 1. The van der Waals surface area contributed by atoms with Gasteiger partial charge in [-0.05, 0) is 5.56 Å². The van der Waals surface area contributed by atoms with E-state index in [1.807, 2.05) is 18.2 Å². The molecule has 1 heterocycles. The number of carboxylic acid groups (broad SMARTS) is 1. The number of carbonyl (C=O) groups excluding carboxylic acids is 1. The summed E-state index contributed by atoms with van der Waals surface area (Å²) in [6.07, 6.45) is 1.68. The highest BCUT2D eigenvalue weighted by Crippen LogP contribution is 2.22. The number of amides is 2. The lowest BCUT2D eigenvalue weighted by molar-refractivity contribution is -0.139. The Hall–Kier alpha value is -2.65. The Morgan fingerprint density at radius 3 is 2.74 bits per heavy atom. The molecule has 0 radical (unpaired) electrons. The Morgan fingerprint density at radius 1 is 1.35 bits per heavy atom. The number of hydrogen-bond acceptors (Lipinski definition) is 6. The number of nitrogens with zero attached hydrogens (tertiary/aromatic N) is 1. The Balaban J connectivity index is 1.93. The maximum atomic E-state index is 11.9. The average molecular weight is 336 g/mol. The third kappa shape index (κ3) is 5.24. The molecule has 9 heteroatoms. The molecule has 1 aromatic heterocycles. The van der Waals surface area contributed by atoms with Gasteiger partial charge < -0.3 is 10.4 Å². The van der Waals surface area contributed by atoms with Gasteiger partial charge in [0.2, 0.25) is 0 Å². The van der Waals surface area contributed by atoms with Crippen LogP contribution in [-0.4, -0.2) is 35.2 Å². The Labute approximate surface area is 136 Å². The molecule has 0 aliphatic heterocycles. The van der Waals surface area contributed by atoms with Crippen LogP contribution in [0.5, 0.6) is 0 Å². The molecule has 0 saturated carbocycles. The first-order valence-electron chi connectivity index (χ1n) is 6.67. The highest BCUT2D eigenvalue weighted by molar-refractivity contribution is 7.19. The molecule has 4 N–H and O–H groups in total. The number of hydrogen-bond donors (Lipinski definition) is 4. The molecule has 0 aliphatic rings. The SMILES string of the molecule is CONc1cnc(NC(=O)NC(Cc2ccccc2)C(=O)O)s1. The van der Waals surface area contributed by atoms with Crippen LogP contribution in [0.15, 0.2) is 36.5 Å². The predicted octanol–water partition coefficient (Wildman–Crippen LogP) is 1.93. The second-order valence-electron chi connectivity index (χ2n) is 4.51. The molecule has 0 fully saturated rings. The number of benzene rings is 1. The van der Waals surface area contributed by atoms with E-state index in [2.05, 4.69) is 21.1 Å². The van der Waals surface area contributed by atoms with Gasteiger partial charge in [0.15, 0.2) is 5.13 Å². The van der Waals surface area contributed by atoms with Crippen molar-refractivity contribution in [1.82, 2.24) is 10.3 Å². The molecule has 0 saturated heterocycles. The van der Waals surface area contributed by atoms with Crippen molar-refractivity contribution in [2.24, 2.45) is 0 Å². The minimum atomic E-state index is -1.11. The van der Waals surface area contributed by atoms with E-state index >= 15 is 0 Å². The fourth-order valence-electron chi connectivity index (χ4n) is 1.82. The fourth-order valence-corrected chi connectivity index (χ4v) is 2.51. The summed E-state index contributed by atoms with van der Waals surface area (Å²) in [4.78, 5) is 31.9. The van der Waals surface area contributed by atoms with Crippen LogP contribution in [0.1, 0.15) is 5.56 Å². The number of carboxylic acids is 1. The monoisotopic (exact) mass is 336 g/mol. The summed E-state index contributed by atoms with van der Waals surface area (Å²) in [5, 5.41) is 15.1. The predicted molar refractivity (Wildman–Crippen MR) is 86.5 cm³/mol. The van der Waals surface area contributed by atoms with Crippen LogP contribution in [0.25, 0.3) is 0 Å². The first kappa shape index (κ1) is 16.7. The molecule has 8 nitrogen and oxygen atoms in total. The topological polar surface area (TPSA) is 113 Å². The maximum absolute atomic E-state index is 11.9. The van der Waals surface area contributed by atoms with Crippen LogP contribution in [0.2, 0.25) is 0 Å². The minimum absolute atomic E-state index is 0.192. The van der Waals surface area contributed by atoms with E-state index in [1.165, 1.54) is 13.3 Å². The van der Waals surface area contributed by atoms with Crippen molar-refractivity contribution in [2.45, 2.75) is 12.5 Å². The Morgan fingerprint density at radius 2 is 2.09 bits per heavy atom. The molecule has 0 spiro atoms. The van der Waals surface area contributed by atoms with Gasteiger partial charge in [-0.1, -0.05) is 41.7 Å². The zero-order chi connectivity index (χ0) is 16.7. The second kappa shape index (κ2) is 8.11. The van der Waals surface area contributed by atoms with Crippen molar-refractivity contribution in [3.8, 4) is 0 Å². The summed E-state index contributed by atoms with van der Waals surface area (Å²) < 4.78 is 0. The number of thiazole rings is 1. The van der Waals surface area contributed by atoms with E-state index in [4.69, 9.17) is 4.84 Å². The van der Waals surface area contributed by atoms with Crippen molar-refractivity contribution in [2.75, 3.05) is 17.9 Å². The number of carbonyl (C=O) groups is 2. The highest BCUT2D eigenvalue weighted by Gasteiger charge is 2.20. The van der Waals surface area contributed by atoms with Crippen molar-refractivity contribution < 1.29 is 19.5 Å². The van der Waals surface area contributed by atoms with E-state index in [0.717, 1.165) is 16.9 Å². The number of rotatable bonds is 7. The van der Waals surface area contributed by atoms with Gasteiger partial charge in [-0.3, -0.25) is 15.6 Å². The molecule has 122 valence electrons. The van der Waals surface area contributed by atoms with Gasteiger partial charge in [0.1, 0.15) is 11.0 Å². The third-order valence-electron chi connectivity index (χ3n) is 2.81. The molecule has 1 aromatic carbocycles. The van der Waals surface area contributed by atoms with Gasteiger partial charge >= 0.3 is 12.0 Å². The molecular weight excluding hydrogens is 320 g/mol. The third-order valence-corrected chi connectivity index (χ3v) is 3.62. The largest absolute Gasteiger partial charge is 0.480 e. The van der Waals surface area contributed by atoms with E-state index in [-0.39, 0.29) is 6.42 Å². The highest BCUT2D eigenvalue weighted by atomic mass is 32.1. The molecule has 1 atom stereocenters. The zero-order valence-corrected chi connectivity index (χ0v) is 13.1. The van der Waals surface area contributed by atoms with E-state index in [1.54, 1.807) is 12.1 Å². The van der Waals surface area contributed by atoms with Gasteiger partial charge in [0.05, 0.1) is 13.3 Å². The molecule has 0 aliphatic carbocycles. The lowest BCUT2D eigenvalue weighted by Crippen LogP contribution is -2.44. The van der Waals surface area contributed by atoms with Crippen LogP contribution in [0.3, 0.4) is 0 Å². The van der Waals surface area contributed by atoms with Crippen molar-refractivity contribution in [3.63, 3.8) is 0 Å². The van der Waals surface area contributed by atoms with Crippen LogP contribution in [-0.2, 0) is 16.1 Å². The first-order chi connectivity index (χ1) is 11.1. The molecule has 23 heavy (non-hydrogen) atoms. The van der Waals surface area contributed by atoms with Gasteiger partial charge in [-0.25, -0.2) is 14.6 Å². The van der Waals surface area contributed by atoms with E-state index in [9.17, 15) is 14.7 Å². The van der Waals surface area contributed by atoms with Crippen LogP contribution in [0, 0.1) is 0 Å². The molecule has 2 aromatic rings. The summed E-state index contributed by atoms with van der Waals surface area (Å²) in [7, 11) is 1.46. The minimum Gasteiger partial charge on any atom is -0.480 e.